The van der Waals surface area contributed by atoms with E-state index in [1.54, 1.807) is 19.2 Å². The Labute approximate surface area is 168 Å². The summed E-state index contributed by atoms with van der Waals surface area (Å²) >= 11 is 5.88. The fraction of sp³-hybridized carbons (Fsp3) is 0.300. The molecule has 0 aliphatic rings. The lowest BCUT2D eigenvalue weighted by Gasteiger charge is -2.15. The van der Waals surface area contributed by atoms with Crippen LogP contribution in [0.25, 0.3) is 10.9 Å². The molecule has 0 spiro atoms. The molecule has 0 aliphatic carbocycles. The van der Waals surface area contributed by atoms with Gasteiger partial charge in [0.25, 0.3) is 0 Å². The van der Waals surface area contributed by atoms with Crippen LogP contribution in [0.2, 0.25) is 5.02 Å². The molecule has 3 aromatic rings. The van der Waals surface area contributed by atoms with E-state index in [-0.39, 0.29) is 10.7 Å². The van der Waals surface area contributed by atoms with Crippen LogP contribution in [0.15, 0.2) is 36.7 Å². The summed E-state index contributed by atoms with van der Waals surface area (Å²) in [4.78, 5) is 10.7. The summed E-state index contributed by atoms with van der Waals surface area (Å²) in [5.41, 5.74) is 1.93. The summed E-state index contributed by atoms with van der Waals surface area (Å²) in [7, 11) is 5.69. The van der Waals surface area contributed by atoms with Crippen LogP contribution >= 0.6 is 11.6 Å². The maximum atomic E-state index is 14.3. The van der Waals surface area contributed by atoms with Crippen molar-refractivity contribution in [1.82, 2.24) is 20.2 Å². The molecular weight excluding hydrogens is 381 g/mol. The lowest BCUT2D eigenvalue weighted by Crippen LogP contribution is -2.26. The largest absolute Gasteiger partial charge is 0.496 e. The molecule has 8 heteroatoms. The van der Waals surface area contributed by atoms with Gasteiger partial charge in [-0.05, 0) is 32.3 Å². The summed E-state index contributed by atoms with van der Waals surface area (Å²) in [6.07, 6.45) is 1.43. The quantitative estimate of drug-likeness (QED) is 0.557. The lowest BCUT2D eigenvalue weighted by molar-refractivity contribution is 0.393. The molecule has 1 aromatic heterocycles. The first-order chi connectivity index (χ1) is 13.5. The molecule has 0 radical (unpaired) electrons. The minimum absolute atomic E-state index is 0.0517. The van der Waals surface area contributed by atoms with Crippen molar-refractivity contribution in [1.29, 1.82) is 0 Å². The molecule has 0 unspecified atom stereocenters. The lowest BCUT2D eigenvalue weighted by atomic mass is 10.1. The van der Waals surface area contributed by atoms with Crippen molar-refractivity contribution in [2.24, 2.45) is 0 Å². The van der Waals surface area contributed by atoms with E-state index in [0.717, 1.165) is 29.8 Å². The molecule has 0 fully saturated rings. The van der Waals surface area contributed by atoms with Crippen molar-refractivity contribution in [2.75, 3.05) is 39.6 Å². The summed E-state index contributed by atoms with van der Waals surface area (Å²) < 4.78 is 19.8. The van der Waals surface area contributed by atoms with E-state index in [4.69, 9.17) is 16.3 Å². The van der Waals surface area contributed by atoms with E-state index in [1.165, 1.54) is 12.4 Å². The second kappa shape index (κ2) is 9.14. The number of hydrogen-bond acceptors (Lipinski definition) is 6. The Balaban J connectivity index is 1.93. The highest BCUT2D eigenvalue weighted by Gasteiger charge is 2.13. The molecule has 148 valence electrons. The van der Waals surface area contributed by atoms with Crippen molar-refractivity contribution in [3.63, 3.8) is 0 Å². The van der Waals surface area contributed by atoms with Gasteiger partial charge in [0.2, 0.25) is 0 Å². The first-order valence-corrected chi connectivity index (χ1v) is 9.25. The van der Waals surface area contributed by atoms with Gasteiger partial charge in [0.1, 0.15) is 17.9 Å². The molecule has 0 saturated heterocycles. The number of likely N-dealkylation sites (N-methyl/N-ethyl adjacent to an activating group) is 1. The zero-order valence-electron chi connectivity index (χ0n) is 16.1. The van der Waals surface area contributed by atoms with Gasteiger partial charge in [0.15, 0.2) is 5.82 Å². The molecule has 0 bridgehead atoms. The number of methoxy groups -OCH3 is 1. The van der Waals surface area contributed by atoms with Gasteiger partial charge >= 0.3 is 0 Å². The first-order valence-electron chi connectivity index (χ1n) is 8.87. The third kappa shape index (κ3) is 4.67. The number of nitrogens with one attached hydrogen (secondary N) is 2. The SMILES string of the molecule is COc1cc2ncnc(Nc3cccc(Cl)c3F)c2cc1CNCCN(C)C. The van der Waals surface area contributed by atoms with Gasteiger partial charge in [-0.15, -0.1) is 0 Å². The molecule has 0 atom stereocenters. The number of nitrogens with zero attached hydrogens (tertiary/aromatic N) is 3. The zero-order valence-corrected chi connectivity index (χ0v) is 16.8. The highest BCUT2D eigenvalue weighted by molar-refractivity contribution is 6.31. The number of aromatic nitrogens is 2. The van der Waals surface area contributed by atoms with Gasteiger partial charge in [-0.25, -0.2) is 14.4 Å². The third-order valence-electron chi connectivity index (χ3n) is 4.29. The number of halogens is 2. The molecule has 0 amide bonds. The molecule has 2 aromatic carbocycles. The minimum Gasteiger partial charge on any atom is -0.496 e. The normalized spacial score (nSPS) is 11.2. The molecule has 28 heavy (non-hydrogen) atoms. The van der Waals surface area contributed by atoms with Crippen LogP contribution in [-0.4, -0.2) is 49.2 Å². The van der Waals surface area contributed by atoms with Gasteiger partial charge in [-0.2, -0.15) is 0 Å². The maximum absolute atomic E-state index is 14.3. The Hall–Kier alpha value is -2.48. The molecule has 2 N–H and O–H groups in total. The van der Waals surface area contributed by atoms with Crippen LogP contribution in [0, 0.1) is 5.82 Å². The van der Waals surface area contributed by atoms with Crippen molar-refractivity contribution in [2.45, 2.75) is 6.54 Å². The van der Waals surface area contributed by atoms with Crippen LogP contribution in [0.5, 0.6) is 5.75 Å². The van der Waals surface area contributed by atoms with Gasteiger partial charge in [0, 0.05) is 36.7 Å². The Kier molecular flexibility index (Phi) is 6.61. The predicted molar refractivity (Wildman–Crippen MR) is 111 cm³/mol. The summed E-state index contributed by atoms with van der Waals surface area (Å²) in [5.74, 6) is 0.724. The Morgan fingerprint density at radius 3 is 2.79 bits per heavy atom. The Morgan fingerprint density at radius 1 is 1.21 bits per heavy atom. The highest BCUT2D eigenvalue weighted by atomic mass is 35.5. The van der Waals surface area contributed by atoms with Crippen LogP contribution in [0.3, 0.4) is 0 Å². The standard InChI is InChI=1S/C20H23ClFN5O/c1-27(2)8-7-23-11-13-9-14-17(10-18(13)28-3)24-12-25-20(14)26-16-6-4-5-15(21)19(16)22/h4-6,9-10,12,23H,7-8,11H2,1-3H3,(H,24,25,26). The van der Waals surface area contributed by atoms with Crippen molar-refractivity contribution in [3.05, 3.63) is 53.1 Å². The second-order valence-electron chi connectivity index (χ2n) is 6.61. The van der Waals surface area contributed by atoms with Gasteiger partial charge < -0.3 is 20.3 Å². The topological polar surface area (TPSA) is 62.3 Å². The Bertz CT molecular complexity index is 967. The van der Waals surface area contributed by atoms with E-state index in [0.29, 0.717) is 17.9 Å². The number of rotatable bonds is 8. The monoisotopic (exact) mass is 403 g/mol. The fourth-order valence-corrected chi connectivity index (χ4v) is 2.98. The van der Waals surface area contributed by atoms with Crippen LogP contribution in [-0.2, 0) is 6.54 Å². The number of anilines is 2. The fourth-order valence-electron chi connectivity index (χ4n) is 2.81. The van der Waals surface area contributed by atoms with Crippen LogP contribution < -0.4 is 15.4 Å². The van der Waals surface area contributed by atoms with Crippen molar-refractivity contribution < 1.29 is 9.13 Å². The van der Waals surface area contributed by atoms with Crippen LogP contribution in [0.4, 0.5) is 15.9 Å². The molecule has 0 aliphatic heterocycles. The molecule has 3 rings (SSSR count). The average Bonchev–Trinajstić information content (AvgIpc) is 2.68. The Morgan fingerprint density at radius 2 is 2.04 bits per heavy atom. The van der Waals surface area contributed by atoms with E-state index < -0.39 is 5.82 Å². The van der Waals surface area contributed by atoms with E-state index in [2.05, 4.69) is 25.5 Å². The van der Waals surface area contributed by atoms with Crippen LogP contribution in [0.1, 0.15) is 5.56 Å². The summed E-state index contributed by atoms with van der Waals surface area (Å²) in [6.45, 7) is 2.41. The van der Waals surface area contributed by atoms with E-state index in [9.17, 15) is 4.39 Å². The van der Waals surface area contributed by atoms with Gasteiger partial charge in [-0.1, -0.05) is 17.7 Å². The number of ether oxygens (including phenoxy) is 1. The average molecular weight is 404 g/mol. The molecule has 1 heterocycles. The van der Waals surface area contributed by atoms with Gasteiger partial charge in [0.05, 0.1) is 23.3 Å². The smallest absolute Gasteiger partial charge is 0.165 e. The van der Waals surface area contributed by atoms with E-state index >= 15 is 0 Å². The predicted octanol–water partition coefficient (Wildman–Crippen LogP) is 3.83. The highest BCUT2D eigenvalue weighted by Crippen LogP contribution is 2.31. The van der Waals surface area contributed by atoms with Crippen molar-refractivity contribution >= 4 is 34.0 Å². The number of benzene rings is 2. The maximum Gasteiger partial charge on any atom is 0.165 e. The summed E-state index contributed by atoms with van der Waals surface area (Å²) in [5, 5.41) is 7.24. The number of fused-ring (bicyclic) bond motifs is 1. The third-order valence-corrected chi connectivity index (χ3v) is 4.59. The molecule has 0 saturated carbocycles. The minimum atomic E-state index is -0.519. The molecule has 6 nitrogen and oxygen atoms in total. The number of hydrogen-bond donors (Lipinski definition) is 2. The van der Waals surface area contributed by atoms with E-state index in [1.807, 2.05) is 26.2 Å². The second-order valence-corrected chi connectivity index (χ2v) is 7.02. The van der Waals surface area contributed by atoms with Crippen molar-refractivity contribution in [3.8, 4) is 5.75 Å². The first kappa shape index (κ1) is 20.3. The van der Waals surface area contributed by atoms with Gasteiger partial charge in [-0.3, -0.25) is 0 Å². The molecular formula is C20H23ClFN5O. The zero-order chi connectivity index (χ0) is 20.1. The summed E-state index contributed by atoms with van der Waals surface area (Å²) in [6, 6.07) is 8.62.